The van der Waals surface area contributed by atoms with E-state index < -0.39 is 5.97 Å². The number of aromatic nitrogens is 4. The molecule has 0 aliphatic heterocycles. The minimum Gasteiger partial charge on any atom is -0.481 e. The highest BCUT2D eigenvalue weighted by Gasteiger charge is 2.37. The lowest BCUT2D eigenvalue weighted by Crippen LogP contribution is -2.38. The van der Waals surface area contributed by atoms with E-state index in [2.05, 4.69) is 41.2 Å². The van der Waals surface area contributed by atoms with Gasteiger partial charge in [-0.25, -0.2) is 4.98 Å². The van der Waals surface area contributed by atoms with Crippen molar-refractivity contribution >= 4 is 27.6 Å². The third kappa shape index (κ3) is 3.40. The molecular weight excluding hydrogens is 392 g/mol. The Hall–Kier alpha value is -3.48. The van der Waals surface area contributed by atoms with E-state index in [1.165, 1.54) is 0 Å². The summed E-state index contributed by atoms with van der Waals surface area (Å²) in [5.41, 5.74) is 4.94. The van der Waals surface area contributed by atoms with Crippen molar-refractivity contribution in [3.63, 3.8) is 0 Å². The maximum atomic E-state index is 11.2. The van der Waals surface area contributed by atoms with E-state index >= 15 is 0 Å². The number of fused-ring (bicyclic) bond motifs is 2. The molecule has 3 heterocycles. The van der Waals surface area contributed by atoms with Crippen molar-refractivity contribution in [3.8, 4) is 17.0 Å². The molecule has 1 saturated carbocycles. The summed E-state index contributed by atoms with van der Waals surface area (Å²) in [6, 6.07) is 8.24. The SMILES string of the molecule is Cc1cc(-c2c(C(C)C)nc(OC3CC(C(=O)O)C3)c3cc4[nH]ncc4cc23)ccn1. The Labute approximate surface area is 179 Å². The maximum absolute atomic E-state index is 11.2. The molecule has 158 valence electrons. The predicted molar refractivity (Wildman–Crippen MR) is 118 cm³/mol. The number of ether oxygens (including phenoxy) is 1. The first-order valence-electron chi connectivity index (χ1n) is 10.5. The molecule has 3 aromatic heterocycles. The van der Waals surface area contributed by atoms with E-state index in [1.807, 2.05) is 31.5 Å². The molecule has 1 aliphatic carbocycles. The standard InChI is InChI=1S/C24H24N4O3/c1-12(2)22-21(14-4-5-25-13(3)6-14)18-9-16-11-26-28-20(16)10-19(18)23(27-22)31-17-7-15(8-17)24(29)30/h4-6,9-12,15,17H,7-8H2,1-3H3,(H,26,28)(H,29,30). The summed E-state index contributed by atoms with van der Waals surface area (Å²) in [5, 5.41) is 19.4. The summed E-state index contributed by atoms with van der Waals surface area (Å²) in [6.45, 7) is 6.22. The molecule has 0 bridgehead atoms. The zero-order valence-corrected chi connectivity index (χ0v) is 17.7. The van der Waals surface area contributed by atoms with Crippen molar-refractivity contribution in [1.82, 2.24) is 20.2 Å². The van der Waals surface area contributed by atoms with Gasteiger partial charge in [0.2, 0.25) is 5.88 Å². The molecule has 7 heteroatoms. The number of H-pyrrole nitrogens is 1. The molecule has 0 spiro atoms. The Morgan fingerprint density at radius 2 is 2.03 bits per heavy atom. The molecule has 5 rings (SSSR count). The molecule has 0 saturated heterocycles. The second-order valence-corrected chi connectivity index (χ2v) is 8.62. The van der Waals surface area contributed by atoms with Crippen molar-refractivity contribution in [2.45, 2.75) is 45.6 Å². The van der Waals surface area contributed by atoms with Crippen LogP contribution in [-0.4, -0.2) is 37.3 Å². The number of nitrogens with zero attached hydrogens (tertiary/aromatic N) is 3. The van der Waals surface area contributed by atoms with Gasteiger partial charge >= 0.3 is 5.97 Å². The van der Waals surface area contributed by atoms with Crippen LogP contribution in [0.15, 0.2) is 36.7 Å². The topological polar surface area (TPSA) is 101 Å². The van der Waals surface area contributed by atoms with Gasteiger partial charge in [-0.2, -0.15) is 5.10 Å². The summed E-state index contributed by atoms with van der Waals surface area (Å²) >= 11 is 0. The average Bonchev–Trinajstić information content (AvgIpc) is 3.15. The first-order valence-corrected chi connectivity index (χ1v) is 10.5. The Morgan fingerprint density at radius 3 is 2.74 bits per heavy atom. The number of nitrogens with one attached hydrogen (secondary N) is 1. The van der Waals surface area contributed by atoms with Gasteiger partial charge in [0.25, 0.3) is 0 Å². The fraction of sp³-hybridized carbons (Fsp3) is 0.333. The fourth-order valence-electron chi connectivity index (χ4n) is 4.27. The van der Waals surface area contributed by atoms with Crippen LogP contribution in [0.4, 0.5) is 0 Å². The highest BCUT2D eigenvalue weighted by molar-refractivity contribution is 6.06. The quantitative estimate of drug-likeness (QED) is 0.482. The number of carboxylic acids is 1. The highest BCUT2D eigenvalue weighted by atomic mass is 16.5. The van der Waals surface area contributed by atoms with Gasteiger partial charge in [-0.3, -0.25) is 14.9 Å². The van der Waals surface area contributed by atoms with Crippen LogP contribution in [-0.2, 0) is 4.79 Å². The van der Waals surface area contributed by atoms with Crippen LogP contribution in [0.5, 0.6) is 5.88 Å². The lowest BCUT2D eigenvalue weighted by Gasteiger charge is -2.32. The third-order valence-corrected chi connectivity index (χ3v) is 6.01. The molecule has 0 unspecified atom stereocenters. The molecule has 1 fully saturated rings. The number of aliphatic carboxylic acids is 1. The largest absolute Gasteiger partial charge is 0.481 e. The molecular formula is C24H24N4O3. The molecule has 2 N–H and O–H groups in total. The first-order chi connectivity index (χ1) is 14.9. The van der Waals surface area contributed by atoms with E-state index in [0.29, 0.717) is 18.7 Å². The third-order valence-electron chi connectivity index (χ3n) is 6.01. The van der Waals surface area contributed by atoms with Crippen LogP contribution in [0, 0.1) is 12.8 Å². The van der Waals surface area contributed by atoms with Crippen LogP contribution in [0.2, 0.25) is 0 Å². The van der Waals surface area contributed by atoms with E-state index in [0.717, 1.165) is 44.2 Å². The second kappa shape index (κ2) is 7.34. The molecule has 1 aliphatic rings. The number of aromatic amines is 1. The van der Waals surface area contributed by atoms with E-state index in [4.69, 9.17) is 9.72 Å². The van der Waals surface area contributed by atoms with Gasteiger partial charge in [0.05, 0.1) is 23.3 Å². The Kier molecular flexibility index (Phi) is 4.61. The van der Waals surface area contributed by atoms with Crippen molar-refractivity contribution in [2.24, 2.45) is 5.92 Å². The van der Waals surface area contributed by atoms with Crippen molar-refractivity contribution in [2.75, 3.05) is 0 Å². The summed E-state index contributed by atoms with van der Waals surface area (Å²) in [6.07, 6.45) is 4.51. The van der Waals surface area contributed by atoms with E-state index in [1.54, 1.807) is 0 Å². The van der Waals surface area contributed by atoms with Gasteiger partial charge in [0.1, 0.15) is 6.10 Å². The number of pyridine rings is 2. The van der Waals surface area contributed by atoms with Crippen molar-refractivity contribution in [3.05, 3.63) is 48.0 Å². The monoisotopic (exact) mass is 416 g/mol. The second-order valence-electron chi connectivity index (χ2n) is 8.62. The van der Waals surface area contributed by atoms with Gasteiger partial charge in [0, 0.05) is 28.2 Å². The van der Waals surface area contributed by atoms with Gasteiger partial charge in [-0.05, 0) is 60.9 Å². The van der Waals surface area contributed by atoms with Gasteiger partial charge in [0.15, 0.2) is 0 Å². The number of rotatable bonds is 5. The van der Waals surface area contributed by atoms with Gasteiger partial charge in [-0.15, -0.1) is 0 Å². The number of hydrogen-bond acceptors (Lipinski definition) is 5. The number of benzene rings is 1. The summed E-state index contributed by atoms with van der Waals surface area (Å²) in [5.74, 6) is -0.371. The van der Waals surface area contributed by atoms with Crippen molar-refractivity contribution < 1.29 is 14.6 Å². The highest BCUT2D eigenvalue weighted by Crippen LogP contribution is 2.42. The number of carbonyl (C=O) groups is 1. The van der Waals surface area contributed by atoms with Crippen LogP contribution < -0.4 is 4.74 Å². The minimum atomic E-state index is -0.761. The summed E-state index contributed by atoms with van der Waals surface area (Å²) in [7, 11) is 0. The van der Waals surface area contributed by atoms with Crippen LogP contribution >= 0.6 is 0 Å². The Bertz CT molecular complexity index is 1310. The summed E-state index contributed by atoms with van der Waals surface area (Å²) in [4.78, 5) is 20.5. The molecule has 31 heavy (non-hydrogen) atoms. The lowest BCUT2D eigenvalue weighted by atomic mass is 9.82. The molecule has 4 aromatic rings. The summed E-state index contributed by atoms with van der Waals surface area (Å²) < 4.78 is 6.25. The van der Waals surface area contributed by atoms with Crippen LogP contribution in [0.1, 0.15) is 44.0 Å². The molecule has 7 nitrogen and oxygen atoms in total. The fourth-order valence-corrected chi connectivity index (χ4v) is 4.27. The zero-order valence-electron chi connectivity index (χ0n) is 17.7. The van der Waals surface area contributed by atoms with Gasteiger partial charge < -0.3 is 9.84 Å². The van der Waals surface area contributed by atoms with Crippen molar-refractivity contribution in [1.29, 1.82) is 0 Å². The number of hydrogen-bond donors (Lipinski definition) is 2. The molecule has 0 radical (unpaired) electrons. The Balaban J connectivity index is 1.72. The number of carboxylic acid groups (broad SMARTS) is 1. The van der Waals surface area contributed by atoms with E-state index in [9.17, 15) is 9.90 Å². The Morgan fingerprint density at radius 1 is 1.23 bits per heavy atom. The zero-order chi connectivity index (χ0) is 21.7. The van der Waals surface area contributed by atoms with Gasteiger partial charge in [-0.1, -0.05) is 13.8 Å². The molecule has 0 atom stereocenters. The normalized spacial score (nSPS) is 18.5. The number of aryl methyl sites for hydroxylation is 1. The molecule has 1 aromatic carbocycles. The lowest BCUT2D eigenvalue weighted by molar-refractivity contribution is -0.148. The van der Waals surface area contributed by atoms with Crippen LogP contribution in [0.25, 0.3) is 32.8 Å². The maximum Gasteiger partial charge on any atom is 0.306 e. The first kappa shape index (κ1) is 19.5. The predicted octanol–water partition coefficient (Wildman–Crippen LogP) is 4.85. The molecule has 0 amide bonds. The van der Waals surface area contributed by atoms with Crippen LogP contribution in [0.3, 0.4) is 0 Å². The smallest absolute Gasteiger partial charge is 0.306 e. The van der Waals surface area contributed by atoms with E-state index in [-0.39, 0.29) is 17.9 Å². The average molecular weight is 416 g/mol. The minimum absolute atomic E-state index is 0.136.